The fraction of sp³-hybridized carbons (Fsp3) is 0.417. The summed E-state index contributed by atoms with van der Waals surface area (Å²) in [6.07, 6.45) is 0.645. The van der Waals surface area contributed by atoms with E-state index >= 15 is 0 Å². The highest BCUT2D eigenvalue weighted by atomic mass is 35.5. The fourth-order valence-corrected chi connectivity index (χ4v) is 1.31. The molecule has 0 aromatic heterocycles. The van der Waals surface area contributed by atoms with Crippen LogP contribution in [0.2, 0.25) is 0 Å². The van der Waals surface area contributed by atoms with Crippen LogP contribution in [0, 0.1) is 0 Å². The van der Waals surface area contributed by atoms with Crippen molar-refractivity contribution in [3.8, 4) is 5.75 Å². The maximum Gasteiger partial charge on any atom is 0.320 e. The topological polar surface area (TPSA) is 72.5 Å². The molecule has 0 aliphatic carbocycles. The summed E-state index contributed by atoms with van der Waals surface area (Å²) in [6.45, 7) is -0.0595. The first kappa shape index (κ1) is 16.7. The normalized spacial score (nSPS) is 11.4. The monoisotopic (exact) mass is 277 g/mol. The summed E-state index contributed by atoms with van der Waals surface area (Å²) in [7, 11) is 0. The Morgan fingerprint density at radius 3 is 2.50 bits per heavy atom. The van der Waals surface area contributed by atoms with Gasteiger partial charge in [0.2, 0.25) is 0 Å². The molecule has 0 saturated carbocycles. The molecule has 0 fully saturated rings. The minimum atomic E-state index is -1.02. The lowest BCUT2D eigenvalue weighted by Gasteiger charge is -2.08. The van der Waals surface area contributed by atoms with Crippen LogP contribution in [0.5, 0.6) is 5.75 Å². The van der Waals surface area contributed by atoms with Crippen LogP contribution < -0.4 is 10.5 Å². The van der Waals surface area contributed by atoms with Crippen molar-refractivity contribution < 1.29 is 19.0 Å². The zero-order valence-corrected chi connectivity index (χ0v) is 10.7. The molecule has 1 aromatic carbocycles. The Hall–Kier alpha value is -1.33. The van der Waals surface area contributed by atoms with Crippen LogP contribution in [0.3, 0.4) is 0 Å². The zero-order chi connectivity index (χ0) is 12.7. The molecule has 0 heterocycles. The van der Waals surface area contributed by atoms with Crippen molar-refractivity contribution in [1.82, 2.24) is 0 Å². The molecule has 0 aliphatic rings. The van der Waals surface area contributed by atoms with E-state index in [-0.39, 0.29) is 18.8 Å². The van der Waals surface area contributed by atoms with Crippen LogP contribution >= 0.6 is 12.4 Å². The Morgan fingerprint density at radius 2 is 2.00 bits per heavy atom. The number of carbonyl (C=O) groups is 1. The molecule has 102 valence electrons. The van der Waals surface area contributed by atoms with Crippen molar-refractivity contribution in [1.29, 1.82) is 0 Å². The van der Waals surface area contributed by atoms with Crippen molar-refractivity contribution >= 4 is 18.4 Å². The van der Waals surface area contributed by atoms with Gasteiger partial charge in [0, 0.05) is 6.42 Å². The van der Waals surface area contributed by atoms with Crippen molar-refractivity contribution in [2.45, 2.75) is 18.9 Å². The van der Waals surface area contributed by atoms with E-state index in [4.69, 9.17) is 15.6 Å². The summed E-state index contributed by atoms with van der Waals surface area (Å²) in [6, 6.07) is 6.07. The van der Waals surface area contributed by atoms with Gasteiger partial charge >= 0.3 is 5.97 Å². The Balaban J connectivity index is 0.00000289. The minimum absolute atomic E-state index is 0. The average molecular weight is 278 g/mol. The van der Waals surface area contributed by atoms with Gasteiger partial charge in [-0.2, -0.15) is 0 Å². The summed E-state index contributed by atoms with van der Waals surface area (Å²) >= 11 is 0. The van der Waals surface area contributed by atoms with Gasteiger partial charge in [-0.1, -0.05) is 12.1 Å². The molecule has 4 nitrogen and oxygen atoms in total. The van der Waals surface area contributed by atoms with E-state index in [0.29, 0.717) is 18.8 Å². The highest BCUT2D eigenvalue weighted by Crippen LogP contribution is 2.13. The number of carboxylic acids is 1. The Bertz CT molecular complexity index is 359. The minimum Gasteiger partial charge on any atom is -0.494 e. The van der Waals surface area contributed by atoms with Crippen LogP contribution in [0.1, 0.15) is 12.0 Å². The van der Waals surface area contributed by atoms with Crippen LogP contribution in [-0.2, 0) is 11.2 Å². The molecule has 1 aromatic rings. The summed E-state index contributed by atoms with van der Waals surface area (Å²) in [5.74, 6) is -0.376. The van der Waals surface area contributed by atoms with Gasteiger partial charge in [-0.15, -0.1) is 12.4 Å². The van der Waals surface area contributed by atoms with Gasteiger partial charge in [0.1, 0.15) is 11.8 Å². The Labute approximate surface area is 111 Å². The fourth-order valence-electron chi connectivity index (χ4n) is 1.31. The van der Waals surface area contributed by atoms with Gasteiger partial charge in [-0.3, -0.25) is 9.18 Å². The molecule has 6 heteroatoms. The Kier molecular flexibility index (Phi) is 8.07. The second kappa shape index (κ2) is 8.72. The van der Waals surface area contributed by atoms with E-state index in [1.54, 1.807) is 24.3 Å². The third-order valence-electron chi connectivity index (χ3n) is 2.24. The highest BCUT2D eigenvalue weighted by Gasteiger charge is 2.11. The molecule has 1 unspecified atom stereocenters. The molecule has 3 N–H and O–H groups in total. The van der Waals surface area contributed by atoms with Gasteiger partial charge in [-0.05, 0) is 24.1 Å². The second-order valence-corrected chi connectivity index (χ2v) is 3.68. The maximum atomic E-state index is 11.8. The highest BCUT2D eigenvalue weighted by molar-refractivity contribution is 5.85. The molecular weight excluding hydrogens is 261 g/mol. The number of hydrogen-bond acceptors (Lipinski definition) is 3. The Morgan fingerprint density at radius 1 is 1.39 bits per heavy atom. The van der Waals surface area contributed by atoms with E-state index in [9.17, 15) is 9.18 Å². The van der Waals surface area contributed by atoms with Crippen molar-refractivity contribution in [2.24, 2.45) is 5.73 Å². The number of halogens is 2. The van der Waals surface area contributed by atoms with Crippen molar-refractivity contribution in [2.75, 3.05) is 13.3 Å². The van der Waals surface area contributed by atoms with E-state index in [2.05, 4.69) is 0 Å². The summed E-state index contributed by atoms with van der Waals surface area (Å²) < 4.78 is 17.1. The predicted molar refractivity (Wildman–Crippen MR) is 69.1 cm³/mol. The van der Waals surface area contributed by atoms with Gasteiger partial charge in [0.05, 0.1) is 13.3 Å². The quantitative estimate of drug-likeness (QED) is 0.746. The lowest BCUT2D eigenvalue weighted by molar-refractivity contribution is -0.138. The van der Waals surface area contributed by atoms with E-state index < -0.39 is 18.7 Å². The number of carboxylic acid groups (broad SMARTS) is 1. The largest absolute Gasteiger partial charge is 0.494 e. The van der Waals surface area contributed by atoms with Gasteiger partial charge in [0.15, 0.2) is 0 Å². The molecule has 1 rings (SSSR count). The molecule has 0 aliphatic heterocycles. The molecule has 0 saturated heterocycles. The van der Waals surface area contributed by atoms with Crippen LogP contribution in [0.25, 0.3) is 0 Å². The number of ether oxygens (including phenoxy) is 1. The van der Waals surface area contributed by atoms with Gasteiger partial charge in [-0.25, -0.2) is 0 Å². The summed E-state index contributed by atoms with van der Waals surface area (Å²) in [4.78, 5) is 10.6. The lowest BCUT2D eigenvalue weighted by Crippen LogP contribution is -2.32. The first-order chi connectivity index (χ1) is 8.13. The zero-order valence-electron chi connectivity index (χ0n) is 9.84. The second-order valence-electron chi connectivity index (χ2n) is 3.68. The first-order valence-corrected chi connectivity index (χ1v) is 5.39. The smallest absolute Gasteiger partial charge is 0.320 e. The number of nitrogens with two attached hydrogens (primary N) is 1. The van der Waals surface area contributed by atoms with E-state index in [1.165, 1.54) is 0 Å². The molecule has 0 spiro atoms. The summed E-state index contributed by atoms with van der Waals surface area (Å²) in [5.41, 5.74) is 6.24. The number of rotatable bonds is 7. The van der Waals surface area contributed by atoms with Crippen LogP contribution in [-0.4, -0.2) is 30.4 Å². The predicted octanol–water partition coefficient (Wildman–Crippen LogP) is 1.80. The molecule has 1 atom stereocenters. The third kappa shape index (κ3) is 5.84. The molecule has 0 bridgehead atoms. The van der Waals surface area contributed by atoms with E-state index in [0.717, 1.165) is 5.56 Å². The van der Waals surface area contributed by atoms with Gasteiger partial charge in [0.25, 0.3) is 0 Å². The van der Waals surface area contributed by atoms with Crippen LogP contribution in [0.4, 0.5) is 4.39 Å². The lowest BCUT2D eigenvalue weighted by atomic mass is 10.1. The average Bonchev–Trinajstić information content (AvgIpc) is 2.31. The number of aliphatic carboxylic acids is 1. The number of hydrogen-bond donors (Lipinski definition) is 2. The maximum absolute atomic E-state index is 11.8. The van der Waals surface area contributed by atoms with Crippen molar-refractivity contribution in [3.63, 3.8) is 0 Å². The number of benzene rings is 1. The number of alkyl halides is 1. The standard InChI is InChI=1S/C12H16FNO3.ClH/c13-6-1-7-17-10-4-2-9(3-5-10)8-11(14)12(15)16;/h2-5,11H,1,6-8,14H2,(H,15,16);1H. The van der Waals surface area contributed by atoms with Gasteiger partial charge < -0.3 is 15.6 Å². The third-order valence-corrected chi connectivity index (χ3v) is 2.24. The molecule has 18 heavy (non-hydrogen) atoms. The molecule has 0 amide bonds. The summed E-state index contributed by atoms with van der Waals surface area (Å²) in [5, 5.41) is 8.66. The van der Waals surface area contributed by atoms with E-state index in [1.807, 2.05) is 0 Å². The molecular formula is C12H17ClFNO3. The van der Waals surface area contributed by atoms with Crippen LogP contribution in [0.15, 0.2) is 24.3 Å². The molecule has 0 radical (unpaired) electrons. The first-order valence-electron chi connectivity index (χ1n) is 5.39. The SMILES string of the molecule is Cl.NC(Cc1ccc(OCCCF)cc1)C(=O)O. The van der Waals surface area contributed by atoms with Crippen molar-refractivity contribution in [3.05, 3.63) is 29.8 Å².